The van der Waals surface area contributed by atoms with Gasteiger partial charge in [0.05, 0.1) is 11.4 Å². The van der Waals surface area contributed by atoms with E-state index in [0.717, 1.165) is 30.2 Å². The molecule has 4 rings (SSSR count). The summed E-state index contributed by atoms with van der Waals surface area (Å²) in [5.41, 5.74) is 3.82. The van der Waals surface area contributed by atoms with E-state index in [-0.39, 0.29) is 0 Å². The van der Waals surface area contributed by atoms with Crippen LogP contribution in [0.1, 0.15) is 36.9 Å². The fourth-order valence-electron chi connectivity index (χ4n) is 3.82. The molecule has 23 heavy (non-hydrogen) atoms. The molecule has 1 N–H and O–H groups in total. The van der Waals surface area contributed by atoms with Gasteiger partial charge in [-0.05, 0) is 63.2 Å². The largest absolute Gasteiger partial charge is 0.369 e. The highest BCUT2D eigenvalue weighted by molar-refractivity contribution is 6.30. The van der Waals surface area contributed by atoms with E-state index in [0.29, 0.717) is 5.92 Å². The van der Waals surface area contributed by atoms with Crippen molar-refractivity contribution in [3.8, 4) is 5.69 Å². The topological polar surface area (TPSA) is 33.1 Å². The van der Waals surface area contributed by atoms with E-state index in [1.165, 1.54) is 43.0 Å². The third-order valence-corrected chi connectivity index (χ3v) is 5.43. The molecule has 122 valence electrons. The molecule has 5 heteroatoms. The number of hydrogen-bond donors (Lipinski definition) is 1. The molecular weight excluding hydrogens is 308 g/mol. The zero-order chi connectivity index (χ0) is 15.8. The molecule has 0 amide bonds. The second kappa shape index (κ2) is 6.17. The van der Waals surface area contributed by atoms with Crippen molar-refractivity contribution in [1.29, 1.82) is 0 Å². The summed E-state index contributed by atoms with van der Waals surface area (Å²) in [6, 6.07) is 7.94. The molecule has 2 aromatic rings. The second-order valence-electron chi connectivity index (χ2n) is 6.49. The van der Waals surface area contributed by atoms with E-state index in [1.807, 2.05) is 24.3 Å². The lowest BCUT2D eigenvalue weighted by Crippen LogP contribution is -2.33. The number of anilines is 1. The highest BCUT2D eigenvalue weighted by atomic mass is 35.5. The summed E-state index contributed by atoms with van der Waals surface area (Å²) in [6.07, 6.45) is 3.53. The first kappa shape index (κ1) is 15.0. The minimum atomic E-state index is 0.597. The molecule has 1 aromatic carbocycles. The zero-order valence-corrected chi connectivity index (χ0v) is 14.3. The normalized spacial score (nSPS) is 18.9. The molecule has 1 fully saturated rings. The van der Waals surface area contributed by atoms with E-state index in [1.54, 1.807) is 0 Å². The number of nitrogens with zero attached hydrogens (tertiary/aromatic N) is 3. The van der Waals surface area contributed by atoms with Crippen molar-refractivity contribution in [1.82, 2.24) is 14.7 Å². The highest BCUT2D eigenvalue weighted by Gasteiger charge is 2.29. The van der Waals surface area contributed by atoms with Gasteiger partial charge in [0.2, 0.25) is 0 Å². The number of benzene rings is 1. The van der Waals surface area contributed by atoms with Crippen LogP contribution in [-0.2, 0) is 6.42 Å². The highest BCUT2D eigenvalue weighted by Crippen LogP contribution is 2.36. The van der Waals surface area contributed by atoms with Crippen LogP contribution in [-0.4, -0.2) is 40.9 Å². The van der Waals surface area contributed by atoms with Crippen LogP contribution < -0.4 is 5.32 Å². The summed E-state index contributed by atoms with van der Waals surface area (Å²) >= 11 is 6.02. The standard InChI is InChI=1S/C18H23ClN4/c1-2-22-11-8-13(9-12-22)17-16-7-10-20-18(16)23(21-17)15-5-3-14(19)4-6-15/h3-6,13,20H,2,7-12H2,1H3. The van der Waals surface area contributed by atoms with Crippen LogP contribution in [0.3, 0.4) is 0 Å². The average Bonchev–Trinajstić information content (AvgIpc) is 3.18. The van der Waals surface area contributed by atoms with Crippen LogP contribution in [0.2, 0.25) is 5.02 Å². The molecule has 2 aliphatic rings. The summed E-state index contributed by atoms with van der Waals surface area (Å²) in [5.74, 6) is 1.78. The van der Waals surface area contributed by atoms with Gasteiger partial charge in [-0.2, -0.15) is 5.10 Å². The SMILES string of the molecule is CCN1CCC(c2nn(-c3ccc(Cl)cc3)c3c2CCN3)CC1. The molecule has 3 heterocycles. The van der Waals surface area contributed by atoms with E-state index >= 15 is 0 Å². The first-order chi connectivity index (χ1) is 11.3. The average molecular weight is 331 g/mol. The number of halogens is 1. The third kappa shape index (κ3) is 2.74. The Morgan fingerprint density at radius 2 is 1.96 bits per heavy atom. The monoisotopic (exact) mass is 330 g/mol. The van der Waals surface area contributed by atoms with E-state index < -0.39 is 0 Å². The molecule has 0 unspecified atom stereocenters. The fourth-order valence-corrected chi connectivity index (χ4v) is 3.95. The van der Waals surface area contributed by atoms with Gasteiger partial charge < -0.3 is 10.2 Å². The molecule has 4 nitrogen and oxygen atoms in total. The van der Waals surface area contributed by atoms with Gasteiger partial charge in [0.15, 0.2) is 0 Å². The number of aromatic nitrogens is 2. The number of nitrogens with one attached hydrogen (secondary N) is 1. The molecule has 0 bridgehead atoms. The predicted molar refractivity (Wildman–Crippen MR) is 94.9 cm³/mol. The molecule has 1 saturated heterocycles. The molecule has 0 aliphatic carbocycles. The molecule has 0 spiro atoms. The van der Waals surface area contributed by atoms with E-state index in [2.05, 4.69) is 21.8 Å². The minimum Gasteiger partial charge on any atom is -0.369 e. The lowest BCUT2D eigenvalue weighted by atomic mass is 9.91. The van der Waals surface area contributed by atoms with Gasteiger partial charge in [0.1, 0.15) is 5.82 Å². The number of fused-ring (bicyclic) bond motifs is 1. The van der Waals surface area contributed by atoms with E-state index in [4.69, 9.17) is 16.7 Å². The maximum Gasteiger partial charge on any atom is 0.133 e. The first-order valence-electron chi connectivity index (χ1n) is 8.60. The third-order valence-electron chi connectivity index (χ3n) is 5.17. The molecule has 0 radical (unpaired) electrons. The predicted octanol–water partition coefficient (Wildman–Crippen LogP) is 3.69. The Labute approximate surface area is 142 Å². The van der Waals surface area contributed by atoms with Gasteiger partial charge in [-0.1, -0.05) is 18.5 Å². The number of rotatable bonds is 3. The van der Waals surface area contributed by atoms with Crippen LogP contribution in [0, 0.1) is 0 Å². The summed E-state index contributed by atoms with van der Waals surface area (Å²) < 4.78 is 2.07. The maximum absolute atomic E-state index is 6.02. The van der Waals surface area contributed by atoms with Crippen LogP contribution in [0.25, 0.3) is 5.69 Å². The van der Waals surface area contributed by atoms with Gasteiger partial charge >= 0.3 is 0 Å². The number of piperidine rings is 1. The summed E-state index contributed by atoms with van der Waals surface area (Å²) in [5, 5.41) is 9.28. The minimum absolute atomic E-state index is 0.597. The van der Waals surface area contributed by atoms with Gasteiger partial charge in [-0.3, -0.25) is 0 Å². The van der Waals surface area contributed by atoms with Gasteiger partial charge in [-0.25, -0.2) is 4.68 Å². The zero-order valence-electron chi connectivity index (χ0n) is 13.6. The summed E-state index contributed by atoms with van der Waals surface area (Å²) in [6.45, 7) is 6.80. The lowest BCUT2D eigenvalue weighted by molar-refractivity contribution is 0.220. The maximum atomic E-state index is 6.02. The van der Waals surface area contributed by atoms with Crippen LogP contribution in [0.4, 0.5) is 5.82 Å². The van der Waals surface area contributed by atoms with Crippen molar-refractivity contribution in [2.45, 2.75) is 32.1 Å². The second-order valence-corrected chi connectivity index (χ2v) is 6.92. The van der Waals surface area contributed by atoms with Crippen molar-refractivity contribution in [2.24, 2.45) is 0 Å². The van der Waals surface area contributed by atoms with Crippen molar-refractivity contribution in [3.05, 3.63) is 40.5 Å². The van der Waals surface area contributed by atoms with Crippen molar-refractivity contribution in [2.75, 3.05) is 31.5 Å². The quantitative estimate of drug-likeness (QED) is 0.931. The number of likely N-dealkylation sites (tertiary alicyclic amines) is 1. The van der Waals surface area contributed by atoms with Crippen LogP contribution in [0.15, 0.2) is 24.3 Å². The van der Waals surface area contributed by atoms with Gasteiger partial charge in [0, 0.05) is 23.0 Å². The van der Waals surface area contributed by atoms with Crippen molar-refractivity contribution < 1.29 is 0 Å². The van der Waals surface area contributed by atoms with Gasteiger partial charge in [0.25, 0.3) is 0 Å². The fraction of sp³-hybridized carbons (Fsp3) is 0.500. The molecule has 0 saturated carbocycles. The summed E-state index contributed by atoms with van der Waals surface area (Å²) in [7, 11) is 0. The molecule has 1 aromatic heterocycles. The van der Waals surface area contributed by atoms with Crippen LogP contribution in [0.5, 0.6) is 0 Å². The van der Waals surface area contributed by atoms with Crippen LogP contribution >= 0.6 is 11.6 Å². The Hall–Kier alpha value is -1.52. The Kier molecular flexibility index (Phi) is 4.04. The Morgan fingerprint density at radius 1 is 1.22 bits per heavy atom. The Bertz CT molecular complexity index is 684. The number of hydrogen-bond acceptors (Lipinski definition) is 3. The summed E-state index contributed by atoms with van der Waals surface area (Å²) in [4.78, 5) is 2.53. The lowest BCUT2D eigenvalue weighted by Gasteiger charge is -2.30. The Morgan fingerprint density at radius 3 is 2.65 bits per heavy atom. The smallest absolute Gasteiger partial charge is 0.133 e. The van der Waals surface area contributed by atoms with Crippen molar-refractivity contribution in [3.63, 3.8) is 0 Å². The van der Waals surface area contributed by atoms with Crippen molar-refractivity contribution >= 4 is 17.4 Å². The van der Waals surface area contributed by atoms with E-state index in [9.17, 15) is 0 Å². The van der Waals surface area contributed by atoms with Gasteiger partial charge in [-0.15, -0.1) is 0 Å². The first-order valence-corrected chi connectivity index (χ1v) is 8.98. The molecular formula is C18H23ClN4. The molecule has 2 aliphatic heterocycles. The Balaban J connectivity index is 1.67. The molecule has 0 atom stereocenters.